The smallest absolute Gasteiger partial charge is 0.311 e. The van der Waals surface area contributed by atoms with Crippen LogP contribution in [0.1, 0.15) is 39.6 Å². The zero-order chi connectivity index (χ0) is 22.9. The average molecular weight is 425 g/mol. The molecule has 2 aromatic carbocycles. The molecule has 1 saturated heterocycles. The predicted molar refractivity (Wildman–Crippen MR) is 114 cm³/mol. The Labute approximate surface area is 179 Å². The number of benzene rings is 2. The highest BCUT2D eigenvalue weighted by Crippen LogP contribution is 2.32. The van der Waals surface area contributed by atoms with Crippen molar-refractivity contribution < 1.29 is 24.4 Å². The number of carbonyl (C=O) groups is 3. The number of likely N-dealkylation sites (tertiary alicyclic amines) is 1. The Bertz CT molecular complexity index is 1080. The third kappa shape index (κ3) is 4.11. The number of nitro groups is 1. The minimum absolute atomic E-state index is 0.0483. The first-order chi connectivity index (χ1) is 14.5. The van der Waals surface area contributed by atoms with Gasteiger partial charge in [-0.25, -0.2) is 0 Å². The number of anilines is 1. The van der Waals surface area contributed by atoms with Crippen LogP contribution >= 0.6 is 0 Å². The van der Waals surface area contributed by atoms with Gasteiger partial charge < -0.3 is 14.9 Å². The Morgan fingerprint density at radius 3 is 2.32 bits per heavy atom. The summed E-state index contributed by atoms with van der Waals surface area (Å²) in [6.45, 7) is 1.91. The van der Waals surface area contributed by atoms with Gasteiger partial charge in [0.05, 0.1) is 15.9 Å². The van der Waals surface area contributed by atoms with Gasteiger partial charge >= 0.3 is 5.97 Å². The van der Waals surface area contributed by atoms with E-state index in [4.69, 9.17) is 0 Å². The maximum Gasteiger partial charge on any atom is 0.311 e. The quantitative estimate of drug-likeness (QED) is 0.429. The molecule has 162 valence electrons. The van der Waals surface area contributed by atoms with Gasteiger partial charge in [-0.2, -0.15) is 0 Å². The molecule has 1 aliphatic rings. The Hall–Kier alpha value is -3.75. The normalized spacial score (nSPS) is 18.0. The molecule has 1 fully saturated rings. The minimum Gasteiger partial charge on any atom is -0.481 e. The summed E-state index contributed by atoms with van der Waals surface area (Å²) in [5.41, 5.74) is -0.538. The molecular formula is C22H23N3O6. The third-order valence-corrected chi connectivity index (χ3v) is 5.60. The van der Waals surface area contributed by atoms with Gasteiger partial charge in [0.2, 0.25) is 0 Å². The molecule has 1 N–H and O–H groups in total. The van der Waals surface area contributed by atoms with Crippen LogP contribution in [0.4, 0.5) is 11.4 Å². The van der Waals surface area contributed by atoms with Crippen LogP contribution < -0.4 is 4.90 Å². The summed E-state index contributed by atoms with van der Waals surface area (Å²) in [7, 11) is 3.33. The Morgan fingerprint density at radius 1 is 1.13 bits per heavy atom. The van der Waals surface area contributed by atoms with Crippen molar-refractivity contribution in [3.05, 3.63) is 69.3 Å². The van der Waals surface area contributed by atoms with Crippen molar-refractivity contribution in [1.29, 1.82) is 0 Å². The number of nitro benzene ring substituents is 1. The van der Waals surface area contributed by atoms with E-state index < -0.39 is 28.0 Å². The minimum atomic E-state index is -1.03. The molecule has 0 saturated carbocycles. The number of rotatable bonds is 6. The lowest BCUT2D eigenvalue weighted by atomic mass is 9.90. The summed E-state index contributed by atoms with van der Waals surface area (Å²) < 4.78 is 0. The van der Waals surface area contributed by atoms with E-state index in [2.05, 4.69) is 0 Å². The fourth-order valence-corrected chi connectivity index (χ4v) is 3.69. The first kappa shape index (κ1) is 21.9. The summed E-state index contributed by atoms with van der Waals surface area (Å²) in [5, 5.41) is 20.9. The molecule has 0 spiro atoms. The third-order valence-electron chi connectivity index (χ3n) is 5.60. The Morgan fingerprint density at radius 2 is 1.77 bits per heavy atom. The van der Waals surface area contributed by atoms with E-state index in [1.54, 1.807) is 38.1 Å². The van der Waals surface area contributed by atoms with Crippen LogP contribution in [0, 0.1) is 15.5 Å². The summed E-state index contributed by atoms with van der Waals surface area (Å²) in [4.78, 5) is 51.7. The predicted octanol–water partition coefficient (Wildman–Crippen LogP) is 2.83. The second kappa shape index (κ2) is 8.17. The number of hydrogen-bond donors (Lipinski definition) is 1. The molecule has 2 aromatic rings. The number of carboxylic acids is 1. The topological polar surface area (TPSA) is 121 Å². The van der Waals surface area contributed by atoms with Gasteiger partial charge in [0.25, 0.3) is 11.6 Å². The van der Waals surface area contributed by atoms with Crippen LogP contribution in [0.5, 0.6) is 0 Å². The van der Waals surface area contributed by atoms with Gasteiger partial charge in [0.1, 0.15) is 5.69 Å². The van der Waals surface area contributed by atoms with Crippen molar-refractivity contribution in [2.75, 3.05) is 32.1 Å². The number of carboxylic acid groups (broad SMARTS) is 1. The molecule has 1 atom stereocenters. The summed E-state index contributed by atoms with van der Waals surface area (Å²) in [5.74, 6) is -1.92. The van der Waals surface area contributed by atoms with Crippen molar-refractivity contribution in [2.45, 2.75) is 13.3 Å². The van der Waals surface area contributed by atoms with Gasteiger partial charge in [0, 0.05) is 44.4 Å². The van der Waals surface area contributed by atoms with Crippen molar-refractivity contribution >= 4 is 29.0 Å². The zero-order valence-corrected chi connectivity index (χ0v) is 17.5. The SMILES string of the molecule is CN(C)c1ccc(C(=O)c2ccccc2C(=O)N2CC[C@@](C)(C(=O)O)C2)cc1[N+](=O)[O-]. The molecule has 3 rings (SSSR count). The molecule has 1 aliphatic heterocycles. The highest BCUT2D eigenvalue weighted by Gasteiger charge is 2.42. The van der Waals surface area contributed by atoms with Crippen molar-refractivity contribution in [1.82, 2.24) is 4.90 Å². The number of amides is 1. The molecular weight excluding hydrogens is 402 g/mol. The van der Waals surface area contributed by atoms with Gasteiger partial charge in [-0.3, -0.25) is 24.5 Å². The first-order valence-corrected chi connectivity index (χ1v) is 9.67. The van der Waals surface area contributed by atoms with Crippen LogP contribution in [0.15, 0.2) is 42.5 Å². The Kier molecular flexibility index (Phi) is 5.79. The molecule has 31 heavy (non-hydrogen) atoms. The second-order valence-corrected chi connectivity index (χ2v) is 8.07. The van der Waals surface area contributed by atoms with Crippen molar-refractivity contribution in [2.24, 2.45) is 5.41 Å². The van der Waals surface area contributed by atoms with E-state index >= 15 is 0 Å². The van der Waals surface area contributed by atoms with Crippen LogP contribution in [-0.4, -0.2) is 59.8 Å². The average Bonchev–Trinajstić information content (AvgIpc) is 3.15. The lowest BCUT2D eigenvalue weighted by molar-refractivity contribution is -0.384. The van der Waals surface area contributed by atoms with E-state index in [1.807, 2.05) is 0 Å². The first-order valence-electron chi connectivity index (χ1n) is 9.67. The number of aliphatic carboxylic acids is 1. The lowest BCUT2D eigenvalue weighted by Gasteiger charge is -2.21. The number of hydrogen-bond acceptors (Lipinski definition) is 6. The van der Waals surface area contributed by atoms with Gasteiger partial charge in [0.15, 0.2) is 5.78 Å². The molecule has 1 amide bonds. The zero-order valence-electron chi connectivity index (χ0n) is 17.5. The van der Waals surface area contributed by atoms with E-state index in [9.17, 15) is 29.6 Å². The van der Waals surface area contributed by atoms with Crippen LogP contribution in [-0.2, 0) is 4.79 Å². The highest BCUT2D eigenvalue weighted by molar-refractivity contribution is 6.15. The Balaban J connectivity index is 1.96. The number of carbonyl (C=O) groups excluding carboxylic acids is 2. The van der Waals surface area contributed by atoms with E-state index in [1.165, 1.54) is 35.2 Å². The number of ketones is 1. The second-order valence-electron chi connectivity index (χ2n) is 8.07. The fourth-order valence-electron chi connectivity index (χ4n) is 3.69. The molecule has 0 aromatic heterocycles. The van der Waals surface area contributed by atoms with Crippen molar-refractivity contribution in [3.63, 3.8) is 0 Å². The molecule has 9 nitrogen and oxygen atoms in total. The molecule has 0 bridgehead atoms. The number of nitrogens with zero attached hydrogens (tertiary/aromatic N) is 3. The molecule has 0 aliphatic carbocycles. The lowest BCUT2D eigenvalue weighted by Crippen LogP contribution is -2.35. The molecule has 1 heterocycles. The van der Waals surface area contributed by atoms with E-state index in [0.717, 1.165) is 0 Å². The summed E-state index contributed by atoms with van der Waals surface area (Å²) in [6.07, 6.45) is 0.322. The largest absolute Gasteiger partial charge is 0.481 e. The highest BCUT2D eigenvalue weighted by atomic mass is 16.6. The van der Waals surface area contributed by atoms with E-state index in [0.29, 0.717) is 12.1 Å². The summed E-state index contributed by atoms with van der Waals surface area (Å²) >= 11 is 0. The van der Waals surface area contributed by atoms with Crippen LogP contribution in [0.2, 0.25) is 0 Å². The molecule has 0 unspecified atom stereocenters. The maximum absolute atomic E-state index is 13.2. The van der Waals surface area contributed by atoms with Gasteiger partial charge in [-0.1, -0.05) is 18.2 Å². The van der Waals surface area contributed by atoms with E-state index in [-0.39, 0.29) is 35.5 Å². The van der Waals surface area contributed by atoms with Gasteiger partial charge in [-0.05, 0) is 31.5 Å². The molecule has 9 heteroatoms. The summed E-state index contributed by atoms with van der Waals surface area (Å²) in [6, 6.07) is 10.4. The van der Waals surface area contributed by atoms with Crippen molar-refractivity contribution in [3.8, 4) is 0 Å². The maximum atomic E-state index is 13.2. The monoisotopic (exact) mass is 425 g/mol. The fraction of sp³-hybridized carbons (Fsp3) is 0.318. The molecule has 0 radical (unpaired) electrons. The standard InChI is InChI=1S/C22H23N3O6/c1-22(21(28)29)10-11-24(13-22)20(27)16-7-5-4-6-15(16)19(26)14-8-9-17(23(2)3)18(12-14)25(30)31/h4-9,12H,10-11,13H2,1-3H3,(H,28,29)/t22-/m1/s1. The van der Waals surface area contributed by atoms with Crippen LogP contribution in [0.3, 0.4) is 0 Å². The van der Waals surface area contributed by atoms with Gasteiger partial charge in [-0.15, -0.1) is 0 Å². The van der Waals surface area contributed by atoms with Crippen LogP contribution in [0.25, 0.3) is 0 Å².